The number of carbonyl (C=O) groups is 1. The van der Waals surface area contributed by atoms with Crippen LogP contribution in [0.25, 0.3) is 11.4 Å². The number of rotatable bonds is 5. The normalized spacial score (nSPS) is 16.2. The second kappa shape index (κ2) is 8.63. The lowest BCUT2D eigenvalue weighted by atomic mass is 9.90. The molecule has 0 bridgehead atoms. The van der Waals surface area contributed by atoms with E-state index in [0.717, 1.165) is 6.42 Å². The van der Waals surface area contributed by atoms with Crippen LogP contribution < -0.4 is 15.2 Å². The van der Waals surface area contributed by atoms with Crippen molar-refractivity contribution in [1.29, 1.82) is 0 Å². The molecular formula is C22H22FN5O3. The Hall–Kier alpha value is -3.62. The number of halogens is 1. The summed E-state index contributed by atoms with van der Waals surface area (Å²) >= 11 is 0. The molecule has 1 atom stereocenters. The molecule has 0 saturated carbocycles. The number of piperidine rings is 1. The van der Waals surface area contributed by atoms with Gasteiger partial charge < -0.3 is 9.64 Å². The lowest BCUT2D eigenvalue weighted by Gasteiger charge is -2.33. The number of aromatic nitrogens is 4. The maximum atomic E-state index is 14.1. The second-order valence-corrected chi connectivity index (χ2v) is 7.43. The fraction of sp³-hybridized carbons (Fsp3) is 0.318. The molecule has 0 N–H and O–H groups in total. The Bertz CT molecular complexity index is 1170. The minimum atomic E-state index is -0.567. The summed E-state index contributed by atoms with van der Waals surface area (Å²) in [5.41, 5.74) is 1.09. The molecule has 9 heteroatoms. The molecule has 1 aliphatic heterocycles. The van der Waals surface area contributed by atoms with Crippen molar-refractivity contribution in [2.45, 2.75) is 12.8 Å². The van der Waals surface area contributed by atoms with Gasteiger partial charge in [0.25, 0.3) is 5.56 Å². The maximum Gasteiger partial charge on any atom is 0.255 e. The molecule has 1 aromatic carbocycles. The molecule has 2 aromatic heterocycles. The van der Waals surface area contributed by atoms with E-state index >= 15 is 0 Å². The number of Topliss-reactive ketones (excluding diaryl/α,β-unsaturated/α-hetero) is 1. The van der Waals surface area contributed by atoms with Crippen LogP contribution in [0.15, 0.2) is 47.7 Å². The summed E-state index contributed by atoms with van der Waals surface area (Å²) in [4.78, 5) is 40.2. The van der Waals surface area contributed by atoms with E-state index in [1.807, 2.05) is 4.90 Å². The van der Waals surface area contributed by atoms with E-state index in [-0.39, 0.29) is 23.0 Å². The number of methoxy groups -OCH3 is 1. The van der Waals surface area contributed by atoms with E-state index in [4.69, 9.17) is 4.74 Å². The van der Waals surface area contributed by atoms with E-state index in [2.05, 4.69) is 15.0 Å². The number of carbonyl (C=O) groups excluding carboxylic acids is 1. The van der Waals surface area contributed by atoms with Crippen LogP contribution in [0.4, 0.5) is 10.3 Å². The summed E-state index contributed by atoms with van der Waals surface area (Å²) < 4.78 is 20.5. The van der Waals surface area contributed by atoms with Crippen molar-refractivity contribution >= 4 is 11.7 Å². The van der Waals surface area contributed by atoms with E-state index in [0.29, 0.717) is 42.4 Å². The van der Waals surface area contributed by atoms with Gasteiger partial charge in [-0.3, -0.25) is 14.2 Å². The van der Waals surface area contributed by atoms with Crippen molar-refractivity contribution in [2.24, 2.45) is 13.0 Å². The van der Waals surface area contributed by atoms with E-state index in [9.17, 15) is 14.0 Å². The van der Waals surface area contributed by atoms with Gasteiger partial charge in [0.15, 0.2) is 17.3 Å². The number of hydrogen-bond acceptors (Lipinski definition) is 7. The molecule has 3 aromatic rings. The number of benzene rings is 1. The van der Waals surface area contributed by atoms with Gasteiger partial charge in [-0.15, -0.1) is 0 Å². The highest BCUT2D eigenvalue weighted by Crippen LogP contribution is 2.27. The molecular weight excluding hydrogens is 401 g/mol. The summed E-state index contributed by atoms with van der Waals surface area (Å²) in [5, 5.41) is 0. The molecule has 3 heterocycles. The second-order valence-electron chi connectivity index (χ2n) is 7.43. The smallest absolute Gasteiger partial charge is 0.255 e. The fourth-order valence-corrected chi connectivity index (χ4v) is 3.81. The average molecular weight is 423 g/mol. The minimum Gasteiger partial charge on any atom is -0.494 e. The van der Waals surface area contributed by atoms with Gasteiger partial charge in [0.2, 0.25) is 5.95 Å². The third-order valence-electron chi connectivity index (χ3n) is 5.47. The molecule has 1 aliphatic rings. The SMILES string of the molecule is COc1ccc(C(=O)C2CCCN(c3nc(-c4ccncn4)cc(=O)n3C)C2)cc1F. The quantitative estimate of drug-likeness (QED) is 0.583. The van der Waals surface area contributed by atoms with Gasteiger partial charge in [-0.25, -0.2) is 19.3 Å². The van der Waals surface area contributed by atoms with Gasteiger partial charge in [0.05, 0.1) is 18.5 Å². The minimum absolute atomic E-state index is 0.0996. The zero-order valence-corrected chi connectivity index (χ0v) is 17.3. The monoisotopic (exact) mass is 423 g/mol. The summed E-state index contributed by atoms with van der Waals surface area (Å²) in [6.07, 6.45) is 4.42. The number of anilines is 1. The number of nitrogens with zero attached hydrogens (tertiary/aromatic N) is 5. The van der Waals surface area contributed by atoms with Crippen molar-refractivity contribution < 1.29 is 13.9 Å². The Morgan fingerprint density at radius 3 is 2.77 bits per heavy atom. The first kappa shape index (κ1) is 20.6. The highest BCUT2D eigenvalue weighted by Gasteiger charge is 2.29. The molecule has 1 saturated heterocycles. The highest BCUT2D eigenvalue weighted by molar-refractivity contribution is 5.98. The van der Waals surface area contributed by atoms with Crippen molar-refractivity contribution in [2.75, 3.05) is 25.1 Å². The summed E-state index contributed by atoms with van der Waals surface area (Å²) in [6, 6.07) is 7.36. The summed E-state index contributed by atoms with van der Waals surface area (Å²) in [6.45, 7) is 1.05. The average Bonchev–Trinajstić information content (AvgIpc) is 2.81. The molecule has 8 nitrogen and oxygen atoms in total. The molecule has 1 unspecified atom stereocenters. The zero-order valence-electron chi connectivity index (χ0n) is 17.3. The van der Waals surface area contributed by atoms with Crippen LogP contribution in [0.1, 0.15) is 23.2 Å². The van der Waals surface area contributed by atoms with Crippen molar-refractivity contribution in [3.05, 3.63) is 64.6 Å². The third kappa shape index (κ3) is 4.16. The largest absolute Gasteiger partial charge is 0.494 e. The van der Waals surface area contributed by atoms with Crippen LogP contribution in [-0.2, 0) is 7.05 Å². The Kier molecular flexibility index (Phi) is 5.75. The molecule has 0 radical (unpaired) electrons. The lowest BCUT2D eigenvalue weighted by Crippen LogP contribution is -2.42. The van der Waals surface area contributed by atoms with Crippen LogP contribution >= 0.6 is 0 Å². The number of hydrogen-bond donors (Lipinski definition) is 0. The Balaban J connectivity index is 1.61. The molecule has 31 heavy (non-hydrogen) atoms. The third-order valence-corrected chi connectivity index (χ3v) is 5.47. The lowest BCUT2D eigenvalue weighted by molar-refractivity contribution is 0.0906. The molecule has 1 fully saturated rings. The topological polar surface area (TPSA) is 90.2 Å². The van der Waals surface area contributed by atoms with Crippen LogP contribution in [0.3, 0.4) is 0 Å². The Morgan fingerprint density at radius 2 is 2.06 bits per heavy atom. The first-order chi connectivity index (χ1) is 15.0. The Morgan fingerprint density at radius 1 is 1.23 bits per heavy atom. The first-order valence-corrected chi connectivity index (χ1v) is 9.95. The first-order valence-electron chi connectivity index (χ1n) is 9.95. The standard InChI is InChI=1S/C22H22FN5O3/c1-27-20(29)11-18(17-7-8-24-13-25-17)26-22(27)28-9-3-4-15(12-28)21(30)14-5-6-19(31-2)16(23)10-14/h5-8,10-11,13,15H,3-4,9,12H2,1-2H3. The van der Waals surface area contributed by atoms with Crippen LogP contribution in [-0.4, -0.2) is 45.5 Å². The summed E-state index contributed by atoms with van der Waals surface area (Å²) in [5.74, 6) is -0.464. The van der Waals surface area contributed by atoms with Gasteiger partial charge in [-0.1, -0.05) is 0 Å². The molecule has 0 aliphatic carbocycles. The molecule has 0 amide bonds. The Labute approximate surface area is 178 Å². The van der Waals surface area contributed by atoms with Crippen molar-refractivity contribution in [3.63, 3.8) is 0 Å². The number of ketones is 1. The fourth-order valence-electron chi connectivity index (χ4n) is 3.81. The highest BCUT2D eigenvalue weighted by atomic mass is 19.1. The summed E-state index contributed by atoms with van der Waals surface area (Å²) in [7, 11) is 3.03. The van der Waals surface area contributed by atoms with Gasteiger partial charge in [-0.05, 0) is 37.1 Å². The molecule has 160 valence electrons. The van der Waals surface area contributed by atoms with Crippen LogP contribution in [0.5, 0.6) is 5.75 Å². The number of ether oxygens (including phenoxy) is 1. The zero-order chi connectivity index (χ0) is 22.0. The van der Waals surface area contributed by atoms with Gasteiger partial charge in [0, 0.05) is 43.9 Å². The van der Waals surface area contributed by atoms with Crippen LogP contribution in [0, 0.1) is 11.7 Å². The van der Waals surface area contributed by atoms with Crippen molar-refractivity contribution in [3.8, 4) is 17.1 Å². The van der Waals surface area contributed by atoms with E-state index in [1.54, 1.807) is 25.4 Å². The molecule has 0 spiro atoms. The predicted octanol–water partition coefficient (Wildman–Crippen LogP) is 2.48. The molecule has 4 rings (SSSR count). The van der Waals surface area contributed by atoms with Gasteiger partial charge >= 0.3 is 0 Å². The predicted molar refractivity (Wildman–Crippen MR) is 113 cm³/mol. The van der Waals surface area contributed by atoms with Crippen molar-refractivity contribution in [1.82, 2.24) is 19.5 Å². The maximum absolute atomic E-state index is 14.1. The van der Waals surface area contributed by atoms with Gasteiger partial charge in [-0.2, -0.15) is 0 Å². The van der Waals surface area contributed by atoms with E-state index in [1.165, 1.54) is 36.2 Å². The van der Waals surface area contributed by atoms with E-state index < -0.39 is 5.82 Å². The van der Waals surface area contributed by atoms with Gasteiger partial charge in [0.1, 0.15) is 6.33 Å². The van der Waals surface area contributed by atoms with Crippen LogP contribution in [0.2, 0.25) is 0 Å².